The van der Waals surface area contributed by atoms with Gasteiger partial charge in [0.05, 0.1) is 11.6 Å². The highest BCUT2D eigenvalue weighted by Gasteiger charge is 2.41. The van der Waals surface area contributed by atoms with Crippen molar-refractivity contribution < 1.29 is 14.3 Å². The summed E-state index contributed by atoms with van der Waals surface area (Å²) < 4.78 is 5.60. The van der Waals surface area contributed by atoms with Gasteiger partial charge in [-0.3, -0.25) is 4.79 Å². The Bertz CT molecular complexity index is 1040. The number of likely N-dealkylation sites (tertiary alicyclic amines) is 1. The molecule has 0 radical (unpaired) electrons. The Morgan fingerprint density at radius 2 is 1.90 bits per heavy atom. The lowest BCUT2D eigenvalue weighted by Gasteiger charge is -2.43. The molecule has 4 rings (SSSR count). The van der Waals surface area contributed by atoms with Crippen molar-refractivity contribution in [1.29, 1.82) is 5.26 Å². The van der Waals surface area contributed by atoms with Crippen LogP contribution >= 0.6 is 0 Å². The second-order valence-electron chi connectivity index (χ2n) is 9.22. The quantitative estimate of drug-likeness (QED) is 0.730. The highest BCUT2D eigenvalue weighted by molar-refractivity contribution is 5.99. The predicted molar refractivity (Wildman–Crippen MR) is 116 cm³/mol. The van der Waals surface area contributed by atoms with Gasteiger partial charge in [0.25, 0.3) is 5.91 Å². The molecule has 0 saturated carbocycles. The van der Waals surface area contributed by atoms with E-state index in [9.17, 15) is 14.9 Å². The van der Waals surface area contributed by atoms with Gasteiger partial charge < -0.3 is 14.5 Å². The molecule has 2 aliphatic rings. The van der Waals surface area contributed by atoms with Crippen molar-refractivity contribution >= 4 is 12.0 Å². The van der Waals surface area contributed by atoms with Crippen molar-refractivity contribution in [3.05, 3.63) is 70.8 Å². The second-order valence-corrected chi connectivity index (χ2v) is 9.22. The SMILES string of the molecule is CC(C)(C)OC(=O)N1CC[C@H](N2Cc3ccc(C#N)cc3C2=O)[C@H](c2ccccc2)C1. The summed E-state index contributed by atoms with van der Waals surface area (Å²) in [5, 5.41) is 9.20. The summed E-state index contributed by atoms with van der Waals surface area (Å²) in [7, 11) is 0. The first-order valence-electron chi connectivity index (χ1n) is 10.6. The summed E-state index contributed by atoms with van der Waals surface area (Å²) in [6.45, 7) is 7.14. The minimum atomic E-state index is -0.554. The van der Waals surface area contributed by atoms with E-state index in [1.165, 1.54) is 0 Å². The number of nitriles is 1. The zero-order valence-electron chi connectivity index (χ0n) is 18.2. The van der Waals surface area contributed by atoms with E-state index in [0.29, 0.717) is 37.2 Å². The number of hydrogen-bond donors (Lipinski definition) is 0. The van der Waals surface area contributed by atoms with Gasteiger partial charge >= 0.3 is 6.09 Å². The third-order valence-corrected chi connectivity index (χ3v) is 5.93. The van der Waals surface area contributed by atoms with Crippen LogP contribution in [0.2, 0.25) is 0 Å². The zero-order chi connectivity index (χ0) is 22.2. The van der Waals surface area contributed by atoms with Crippen molar-refractivity contribution in [1.82, 2.24) is 9.80 Å². The zero-order valence-corrected chi connectivity index (χ0v) is 18.2. The van der Waals surface area contributed by atoms with E-state index in [1.807, 2.05) is 49.9 Å². The summed E-state index contributed by atoms with van der Waals surface area (Å²) in [5.74, 6) is -0.0556. The van der Waals surface area contributed by atoms with Crippen LogP contribution in [0, 0.1) is 11.3 Å². The minimum Gasteiger partial charge on any atom is -0.444 e. The molecule has 2 atom stereocenters. The standard InChI is InChI=1S/C25H27N3O3/c1-25(2,3)31-24(30)27-12-11-22(21(16-27)18-7-5-4-6-8-18)28-15-19-10-9-17(14-26)13-20(19)23(28)29/h4-10,13,21-22H,11-12,15-16H2,1-3H3/t21-,22-/m0/s1. The number of carbonyl (C=O) groups is 2. The molecule has 0 spiro atoms. The Hall–Kier alpha value is -3.33. The Morgan fingerprint density at radius 1 is 1.16 bits per heavy atom. The van der Waals surface area contributed by atoms with E-state index in [1.54, 1.807) is 17.0 Å². The third kappa shape index (κ3) is 4.27. The van der Waals surface area contributed by atoms with Crippen molar-refractivity contribution in [3.63, 3.8) is 0 Å². The van der Waals surface area contributed by atoms with Gasteiger partial charge in [0.15, 0.2) is 0 Å². The van der Waals surface area contributed by atoms with Gasteiger partial charge in [-0.1, -0.05) is 36.4 Å². The van der Waals surface area contributed by atoms with Crippen LogP contribution in [-0.2, 0) is 11.3 Å². The van der Waals surface area contributed by atoms with Gasteiger partial charge in [-0.05, 0) is 50.5 Å². The first-order chi connectivity index (χ1) is 14.8. The molecule has 0 bridgehead atoms. The second kappa shape index (κ2) is 8.07. The van der Waals surface area contributed by atoms with Crippen LogP contribution in [0.15, 0.2) is 48.5 Å². The molecule has 2 aliphatic heterocycles. The fraction of sp³-hybridized carbons (Fsp3) is 0.400. The summed E-state index contributed by atoms with van der Waals surface area (Å²) in [4.78, 5) is 29.6. The number of ether oxygens (including phenoxy) is 1. The van der Waals surface area contributed by atoms with Gasteiger partial charge in [-0.25, -0.2) is 4.79 Å². The maximum Gasteiger partial charge on any atom is 0.410 e. The van der Waals surface area contributed by atoms with Gasteiger partial charge in [0.2, 0.25) is 0 Å². The van der Waals surface area contributed by atoms with Crippen LogP contribution in [0.4, 0.5) is 4.79 Å². The number of carbonyl (C=O) groups excluding carboxylic acids is 2. The number of amides is 2. The average Bonchev–Trinajstić information content (AvgIpc) is 3.08. The number of benzene rings is 2. The smallest absolute Gasteiger partial charge is 0.410 e. The Kier molecular flexibility index (Phi) is 5.45. The van der Waals surface area contributed by atoms with Crippen molar-refractivity contribution in [2.24, 2.45) is 0 Å². The van der Waals surface area contributed by atoms with Gasteiger partial charge in [0, 0.05) is 37.2 Å². The molecule has 2 aromatic rings. The van der Waals surface area contributed by atoms with Crippen LogP contribution in [0.25, 0.3) is 0 Å². The maximum absolute atomic E-state index is 13.3. The molecule has 0 unspecified atom stereocenters. The molecule has 2 amide bonds. The summed E-state index contributed by atoms with van der Waals surface area (Å²) >= 11 is 0. The molecule has 1 saturated heterocycles. The highest BCUT2D eigenvalue weighted by Crippen LogP contribution is 2.36. The first-order valence-corrected chi connectivity index (χ1v) is 10.6. The molecule has 6 heteroatoms. The number of piperidine rings is 1. The maximum atomic E-state index is 13.3. The lowest BCUT2D eigenvalue weighted by Crippen LogP contribution is -2.52. The molecule has 160 valence electrons. The fourth-order valence-corrected chi connectivity index (χ4v) is 4.49. The lowest BCUT2D eigenvalue weighted by atomic mass is 9.85. The highest BCUT2D eigenvalue weighted by atomic mass is 16.6. The van der Waals surface area contributed by atoms with E-state index < -0.39 is 5.60 Å². The van der Waals surface area contributed by atoms with Crippen molar-refractivity contribution in [3.8, 4) is 6.07 Å². The minimum absolute atomic E-state index is 0.0174. The number of fused-ring (bicyclic) bond motifs is 1. The average molecular weight is 418 g/mol. The molecule has 0 N–H and O–H groups in total. The van der Waals surface area contributed by atoms with E-state index in [-0.39, 0.29) is 24.0 Å². The molecule has 6 nitrogen and oxygen atoms in total. The first kappa shape index (κ1) is 20.9. The third-order valence-electron chi connectivity index (χ3n) is 5.93. The Labute approximate surface area is 183 Å². The van der Waals surface area contributed by atoms with E-state index in [0.717, 1.165) is 11.1 Å². The molecular weight excluding hydrogens is 390 g/mol. The lowest BCUT2D eigenvalue weighted by molar-refractivity contribution is 0.0109. The Morgan fingerprint density at radius 3 is 2.58 bits per heavy atom. The normalized spacial score (nSPS) is 20.9. The number of hydrogen-bond acceptors (Lipinski definition) is 4. The topological polar surface area (TPSA) is 73.6 Å². The van der Waals surface area contributed by atoms with Crippen LogP contribution in [-0.4, -0.2) is 46.5 Å². The molecule has 31 heavy (non-hydrogen) atoms. The molecule has 2 heterocycles. The molecular formula is C25H27N3O3. The summed E-state index contributed by atoms with van der Waals surface area (Å²) in [5.41, 5.74) is 2.60. The predicted octanol–water partition coefficient (Wildman–Crippen LogP) is 4.31. The van der Waals surface area contributed by atoms with Gasteiger partial charge in [-0.2, -0.15) is 5.26 Å². The monoisotopic (exact) mass is 417 g/mol. The Balaban J connectivity index is 1.61. The van der Waals surface area contributed by atoms with E-state index in [4.69, 9.17) is 4.74 Å². The van der Waals surface area contributed by atoms with Crippen LogP contribution in [0.3, 0.4) is 0 Å². The van der Waals surface area contributed by atoms with Crippen LogP contribution in [0.5, 0.6) is 0 Å². The summed E-state index contributed by atoms with van der Waals surface area (Å²) in [6, 6.07) is 17.4. The van der Waals surface area contributed by atoms with Crippen LogP contribution < -0.4 is 0 Å². The van der Waals surface area contributed by atoms with Crippen molar-refractivity contribution in [2.45, 2.75) is 51.3 Å². The van der Waals surface area contributed by atoms with E-state index >= 15 is 0 Å². The molecule has 0 aromatic heterocycles. The molecule has 2 aromatic carbocycles. The van der Waals surface area contributed by atoms with E-state index in [2.05, 4.69) is 18.2 Å². The number of rotatable bonds is 2. The fourth-order valence-electron chi connectivity index (χ4n) is 4.49. The molecule has 1 fully saturated rings. The van der Waals surface area contributed by atoms with Crippen molar-refractivity contribution in [2.75, 3.05) is 13.1 Å². The van der Waals surface area contributed by atoms with Gasteiger partial charge in [0.1, 0.15) is 5.60 Å². The van der Waals surface area contributed by atoms with Crippen LogP contribution in [0.1, 0.15) is 60.2 Å². The largest absolute Gasteiger partial charge is 0.444 e. The number of nitrogens with zero attached hydrogens (tertiary/aromatic N) is 3. The summed E-state index contributed by atoms with van der Waals surface area (Å²) in [6.07, 6.45) is 0.352. The molecule has 0 aliphatic carbocycles. The van der Waals surface area contributed by atoms with Gasteiger partial charge in [-0.15, -0.1) is 0 Å².